The Morgan fingerprint density at radius 2 is 1.93 bits per heavy atom. The van der Waals surface area contributed by atoms with E-state index in [0.717, 1.165) is 0 Å². The van der Waals surface area contributed by atoms with Crippen LogP contribution in [0.3, 0.4) is 0 Å². The number of aromatic hydroxyl groups is 2. The lowest BCUT2D eigenvalue weighted by atomic mass is 9.72. The molecule has 0 radical (unpaired) electrons. The molecule has 5 aliphatic rings. The van der Waals surface area contributed by atoms with E-state index in [9.17, 15) is 30.0 Å². The fourth-order valence-electron chi connectivity index (χ4n) is 7.80. The molecule has 0 aromatic heterocycles. The number of benzene rings is 2. The first-order valence-corrected chi connectivity index (χ1v) is 15.1. The molecule has 2 aliphatic carbocycles. The van der Waals surface area contributed by atoms with Crippen LogP contribution in [0.4, 0.5) is 0 Å². The van der Waals surface area contributed by atoms with Crippen molar-refractivity contribution in [2.24, 2.45) is 0 Å². The standard InChI is InChI=1S/C32H37NO12/c1-14-29-18(33-7-8-42-31(41-3)30(33)45-29)10-22(43-14)44-20-12-32(39,21(35)13-34)11-17-24(20)28(38)25-16(26(17)36)9-15-5-4-6-19(40-2)23(15)27(25)37/h4-6,14,18,20,22,29-31,34,36,38-39H,7-13H2,1-3H3/t14-,18-,20-,22-,29+,30+,31-,32-/m0/s1. The Hall–Kier alpha value is -3.14. The number of aliphatic hydroxyl groups is 2. The summed E-state index contributed by atoms with van der Waals surface area (Å²) in [5.74, 6) is -1.75. The van der Waals surface area contributed by atoms with Gasteiger partial charge in [0, 0.05) is 62.1 Å². The SMILES string of the molecule is COc1cccc2c1C(=O)c1c(O)c3c(c(O)c1C2)C[C@@](O)(C(=O)CO)C[C@@H]3O[C@H]1C[C@H]2[C@H](O[C@@H]3[C@@H](OC)OCCN32)[C@H](C)O1. The molecule has 2 aromatic rings. The zero-order valence-electron chi connectivity index (χ0n) is 25.2. The first-order chi connectivity index (χ1) is 21.6. The Balaban J connectivity index is 1.27. The molecule has 7 rings (SSSR count). The summed E-state index contributed by atoms with van der Waals surface area (Å²) < 4.78 is 35.6. The molecular weight excluding hydrogens is 590 g/mol. The van der Waals surface area contributed by atoms with Crippen LogP contribution in [0.25, 0.3) is 0 Å². The summed E-state index contributed by atoms with van der Waals surface area (Å²) in [6, 6.07) is 5.00. The highest BCUT2D eigenvalue weighted by Crippen LogP contribution is 2.53. The van der Waals surface area contributed by atoms with Crippen molar-refractivity contribution in [2.75, 3.05) is 34.0 Å². The lowest BCUT2D eigenvalue weighted by Gasteiger charge is -2.43. The van der Waals surface area contributed by atoms with Gasteiger partial charge in [-0.3, -0.25) is 14.5 Å². The van der Waals surface area contributed by atoms with Crippen LogP contribution in [-0.4, -0.2) is 114 Å². The van der Waals surface area contributed by atoms with Crippen molar-refractivity contribution in [3.63, 3.8) is 0 Å². The average Bonchev–Trinajstić information content (AvgIpc) is 3.42. The van der Waals surface area contributed by atoms with E-state index in [4.69, 9.17) is 28.4 Å². The van der Waals surface area contributed by atoms with Crippen molar-refractivity contribution in [1.82, 2.24) is 4.90 Å². The van der Waals surface area contributed by atoms with Crippen LogP contribution in [0.15, 0.2) is 18.2 Å². The van der Waals surface area contributed by atoms with Gasteiger partial charge in [-0.2, -0.15) is 0 Å². The van der Waals surface area contributed by atoms with E-state index in [1.807, 2.05) is 6.92 Å². The highest BCUT2D eigenvalue weighted by atomic mass is 16.7. The summed E-state index contributed by atoms with van der Waals surface area (Å²) in [5.41, 5.74) is -0.956. The predicted molar refractivity (Wildman–Crippen MR) is 153 cm³/mol. The van der Waals surface area contributed by atoms with Crippen molar-refractivity contribution in [3.05, 3.63) is 51.6 Å². The molecule has 3 heterocycles. The first kappa shape index (κ1) is 30.5. The number of carbonyl (C=O) groups excluding carboxylic acids is 2. The zero-order valence-corrected chi connectivity index (χ0v) is 25.2. The molecule has 0 bridgehead atoms. The summed E-state index contributed by atoms with van der Waals surface area (Å²) in [6.45, 7) is 1.99. The van der Waals surface area contributed by atoms with Crippen LogP contribution in [0.2, 0.25) is 0 Å². The second kappa shape index (κ2) is 11.3. The molecule has 0 spiro atoms. The van der Waals surface area contributed by atoms with Crippen molar-refractivity contribution >= 4 is 11.6 Å². The summed E-state index contributed by atoms with van der Waals surface area (Å²) in [5, 5.41) is 44.6. The van der Waals surface area contributed by atoms with E-state index < -0.39 is 60.5 Å². The zero-order chi connectivity index (χ0) is 31.8. The lowest BCUT2D eigenvalue weighted by molar-refractivity contribution is -0.256. The Kier molecular flexibility index (Phi) is 7.65. The minimum Gasteiger partial charge on any atom is -0.507 e. The third-order valence-electron chi connectivity index (χ3n) is 9.93. The summed E-state index contributed by atoms with van der Waals surface area (Å²) in [7, 11) is 3.01. The van der Waals surface area contributed by atoms with Crippen LogP contribution in [0, 0.1) is 0 Å². The van der Waals surface area contributed by atoms with E-state index in [2.05, 4.69) is 4.90 Å². The maximum absolute atomic E-state index is 13.9. The molecule has 0 unspecified atom stereocenters. The fraction of sp³-hybridized carbons (Fsp3) is 0.562. The number of phenols is 2. The monoisotopic (exact) mass is 627 g/mol. The molecular formula is C32H37NO12. The number of hydrogen-bond acceptors (Lipinski definition) is 13. The number of ketones is 2. The maximum atomic E-state index is 13.9. The summed E-state index contributed by atoms with van der Waals surface area (Å²) >= 11 is 0. The number of rotatable bonds is 6. The Bertz CT molecular complexity index is 1540. The minimum atomic E-state index is -2.11. The smallest absolute Gasteiger partial charge is 0.201 e. The molecule has 3 saturated heterocycles. The van der Waals surface area contributed by atoms with Gasteiger partial charge in [0.25, 0.3) is 0 Å². The molecule has 13 heteroatoms. The van der Waals surface area contributed by atoms with Gasteiger partial charge >= 0.3 is 0 Å². The van der Waals surface area contributed by atoms with Crippen molar-refractivity contribution < 1.29 is 58.4 Å². The molecule has 0 saturated carbocycles. The van der Waals surface area contributed by atoms with Gasteiger partial charge in [-0.05, 0) is 18.6 Å². The van der Waals surface area contributed by atoms with Crippen molar-refractivity contribution in [2.45, 2.75) is 81.4 Å². The van der Waals surface area contributed by atoms with Crippen LogP contribution < -0.4 is 4.74 Å². The van der Waals surface area contributed by atoms with Gasteiger partial charge < -0.3 is 48.8 Å². The van der Waals surface area contributed by atoms with Gasteiger partial charge in [-0.1, -0.05) is 12.1 Å². The third-order valence-corrected chi connectivity index (χ3v) is 9.93. The Labute approximate surface area is 259 Å². The van der Waals surface area contributed by atoms with Gasteiger partial charge in [0.15, 0.2) is 24.6 Å². The number of ether oxygens (including phenoxy) is 6. The second-order valence-corrected chi connectivity index (χ2v) is 12.3. The molecule has 8 atom stereocenters. The van der Waals surface area contributed by atoms with Gasteiger partial charge in [-0.15, -0.1) is 0 Å². The van der Waals surface area contributed by atoms with Gasteiger partial charge in [-0.25, -0.2) is 0 Å². The van der Waals surface area contributed by atoms with E-state index in [1.165, 1.54) is 7.11 Å². The number of carbonyl (C=O) groups is 2. The molecule has 2 aromatic carbocycles. The number of nitrogens with zero attached hydrogens (tertiary/aromatic N) is 1. The highest BCUT2D eigenvalue weighted by molar-refractivity contribution is 6.16. The van der Waals surface area contributed by atoms with E-state index in [0.29, 0.717) is 30.9 Å². The predicted octanol–water partition coefficient (Wildman–Crippen LogP) is 1.07. The topological polar surface area (TPSA) is 174 Å². The number of hydrogen-bond donors (Lipinski definition) is 4. The van der Waals surface area contributed by atoms with Gasteiger partial charge in [0.1, 0.15) is 35.6 Å². The van der Waals surface area contributed by atoms with E-state index >= 15 is 0 Å². The number of morpholine rings is 1. The number of fused-ring (bicyclic) bond motifs is 6. The van der Waals surface area contributed by atoms with Crippen LogP contribution in [-0.2, 0) is 41.3 Å². The molecule has 3 fully saturated rings. The molecule has 242 valence electrons. The Morgan fingerprint density at radius 3 is 2.67 bits per heavy atom. The minimum absolute atomic E-state index is 0.0769. The van der Waals surface area contributed by atoms with Gasteiger partial charge in [0.05, 0.1) is 37.1 Å². The van der Waals surface area contributed by atoms with E-state index in [1.54, 1.807) is 25.3 Å². The van der Waals surface area contributed by atoms with Crippen LogP contribution in [0.1, 0.15) is 64.0 Å². The number of aliphatic hydroxyl groups excluding tert-OH is 1. The number of Topliss-reactive ketones (excluding diaryl/α,β-unsaturated/α-hetero) is 1. The molecule has 0 amide bonds. The van der Waals surface area contributed by atoms with Gasteiger partial charge in [0.2, 0.25) is 5.78 Å². The lowest BCUT2D eigenvalue weighted by Crippen LogP contribution is -2.55. The average molecular weight is 628 g/mol. The number of phenolic OH excluding ortho intramolecular Hbond substituents is 2. The highest BCUT2D eigenvalue weighted by Gasteiger charge is 2.55. The van der Waals surface area contributed by atoms with Crippen LogP contribution >= 0.6 is 0 Å². The normalized spacial score (nSPS) is 33.9. The molecule has 13 nitrogen and oxygen atoms in total. The third kappa shape index (κ3) is 4.68. The van der Waals surface area contributed by atoms with Crippen LogP contribution in [0.5, 0.6) is 17.2 Å². The second-order valence-electron chi connectivity index (χ2n) is 12.3. The Morgan fingerprint density at radius 1 is 1.13 bits per heavy atom. The quantitative estimate of drug-likeness (QED) is 0.286. The molecule has 4 N–H and O–H groups in total. The summed E-state index contributed by atoms with van der Waals surface area (Å²) in [6.07, 6.45) is -4.03. The maximum Gasteiger partial charge on any atom is 0.201 e. The first-order valence-electron chi connectivity index (χ1n) is 15.1. The molecule has 3 aliphatic heterocycles. The number of methoxy groups -OCH3 is 2. The fourth-order valence-corrected chi connectivity index (χ4v) is 7.80. The van der Waals surface area contributed by atoms with Crippen molar-refractivity contribution in [1.29, 1.82) is 0 Å². The largest absolute Gasteiger partial charge is 0.507 e. The molecule has 45 heavy (non-hydrogen) atoms. The van der Waals surface area contributed by atoms with E-state index in [-0.39, 0.29) is 65.0 Å². The van der Waals surface area contributed by atoms with Crippen molar-refractivity contribution in [3.8, 4) is 17.2 Å². The summed E-state index contributed by atoms with van der Waals surface area (Å²) in [4.78, 5) is 28.9.